The Morgan fingerprint density at radius 3 is 2.60 bits per heavy atom. The molecule has 0 aliphatic carbocycles. The maximum absolute atomic E-state index is 9.31. The summed E-state index contributed by atoms with van der Waals surface area (Å²) in [6.07, 6.45) is -0.603. The lowest BCUT2D eigenvalue weighted by molar-refractivity contribution is -0.121. The van der Waals surface area contributed by atoms with Gasteiger partial charge in [0.25, 0.3) is 0 Å². The molecule has 0 bridgehead atoms. The van der Waals surface area contributed by atoms with Crippen LogP contribution in [-0.2, 0) is 4.74 Å². The summed E-state index contributed by atoms with van der Waals surface area (Å²) in [5.74, 6) is 0. The van der Waals surface area contributed by atoms with E-state index in [0.29, 0.717) is 11.9 Å². The summed E-state index contributed by atoms with van der Waals surface area (Å²) < 4.78 is 5.00. The summed E-state index contributed by atoms with van der Waals surface area (Å²) in [5, 5.41) is 9.81. The van der Waals surface area contributed by atoms with E-state index in [1.54, 1.807) is 11.8 Å². The van der Waals surface area contributed by atoms with E-state index in [9.17, 15) is 5.11 Å². The average Bonchev–Trinajstić information content (AvgIpc) is 1.78. The number of hydrogen-bond acceptors (Lipinski definition) is 3. The Kier molecular flexibility index (Phi) is 2.28. The van der Waals surface area contributed by atoms with Gasteiger partial charge in [-0.2, -0.15) is 0 Å². The van der Waals surface area contributed by atoms with Crippen LogP contribution in [0.3, 0.4) is 0 Å². The fraction of sp³-hybridized carbons (Fsp3) is 1.00. The van der Waals surface area contributed by atoms with Crippen molar-refractivity contribution in [1.82, 2.24) is 0 Å². The number of hydrogen-bond donors (Lipinski definition) is 1. The van der Waals surface area contributed by atoms with Gasteiger partial charge in [0.15, 0.2) is 6.29 Å². The summed E-state index contributed by atoms with van der Waals surface area (Å²) in [5.41, 5.74) is 0. The first-order valence-corrected chi connectivity index (χ1v) is 4.38. The second-order valence-corrected chi connectivity index (χ2v) is 5.31. The van der Waals surface area contributed by atoms with Crippen LogP contribution in [0, 0.1) is 0 Å². The summed E-state index contributed by atoms with van der Waals surface area (Å²) in [7, 11) is 0. The van der Waals surface area contributed by atoms with Gasteiger partial charge in [-0.25, -0.2) is 0 Å². The van der Waals surface area contributed by atoms with Crippen molar-refractivity contribution in [3.05, 3.63) is 0 Å². The molecule has 1 saturated heterocycles. The largest absolute Gasteiger partial charge is 0.367 e. The zero-order valence-corrected chi connectivity index (χ0v) is 7.44. The normalized spacial score (nSPS) is 39.6. The highest BCUT2D eigenvalue weighted by molar-refractivity contribution is 8.01. The Morgan fingerprint density at radius 2 is 2.20 bits per heavy atom. The fourth-order valence-corrected chi connectivity index (χ4v) is 2.41. The molecule has 2 unspecified atom stereocenters. The molecule has 0 saturated carbocycles. The second kappa shape index (κ2) is 2.72. The van der Waals surface area contributed by atoms with Crippen molar-refractivity contribution in [2.24, 2.45) is 0 Å². The minimum Gasteiger partial charge on any atom is -0.367 e. The predicted octanol–water partition coefficient (Wildman–Crippen LogP) is 1.24. The van der Waals surface area contributed by atoms with E-state index >= 15 is 0 Å². The number of aliphatic hydroxyl groups excluding tert-OH is 1. The SMILES string of the molecule is CC1COC(O)C(C)(C)S1. The van der Waals surface area contributed by atoms with Crippen molar-refractivity contribution in [3.8, 4) is 0 Å². The van der Waals surface area contributed by atoms with Gasteiger partial charge in [0.2, 0.25) is 0 Å². The topological polar surface area (TPSA) is 29.5 Å². The van der Waals surface area contributed by atoms with E-state index in [1.807, 2.05) is 13.8 Å². The highest BCUT2D eigenvalue weighted by atomic mass is 32.2. The molecule has 1 aliphatic heterocycles. The van der Waals surface area contributed by atoms with Gasteiger partial charge in [-0.05, 0) is 13.8 Å². The van der Waals surface area contributed by atoms with Gasteiger partial charge in [-0.3, -0.25) is 0 Å². The zero-order chi connectivity index (χ0) is 7.78. The number of thioether (sulfide) groups is 1. The first kappa shape index (κ1) is 8.37. The fourth-order valence-electron chi connectivity index (χ4n) is 1.04. The number of rotatable bonds is 0. The van der Waals surface area contributed by atoms with Crippen LogP contribution in [0.25, 0.3) is 0 Å². The summed E-state index contributed by atoms with van der Waals surface area (Å²) >= 11 is 1.78. The van der Waals surface area contributed by atoms with Crippen LogP contribution >= 0.6 is 11.8 Å². The molecule has 2 nitrogen and oxygen atoms in total. The smallest absolute Gasteiger partial charge is 0.168 e. The van der Waals surface area contributed by atoms with E-state index in [2.05, 4.69) is 6.92 Å². The minimum atomic E-state index is -0.603. The van der Waals surface area contributed by atoms with Crippen LogP contribution < -0.4 is 0 Å². The average molecular weight is 162 g/mol. The molecule has 0 radical (unpaired) electrons. The first-order valence-electron chi connectivity index (χ1n) is 3.50. The van der Waals surface area contributed by atoms with Crippen molar-refractivity contribution in [2.45, 2.75) is 37.1 Å². The molecular weight excluding hydrogens is 148 g/mol. The van der Waals surface area contributed by atoms with Crippen LogP contribution in [0.2, 0.25) is 0 Å². The van der Waals surface area contributed by atoms with E-state index in [0.717, 1.165) is 0 Å². The lowest BCUT2D eigenvalue weighted by Crippen LogP contribution is -2.42. The molecule has 10 heavy (non-hydrogen) atoms. The van der Waals surface area contributed by atoms with Gasteiger partial charge in [-0.15, -0.1) is 11.8 Å². The third kappa shape index (κ3) is 1.65. The van der Waals surface area contributed by atoms with Gasteiger partial charge in [0.1, 0.15) is 0 Å². The Morgan fingerprint density at radius 1 is 1.60 bits per heavy atom. The molecule has 0 amide bonds. The highest BCUT2D eigenvalue weighted by Gasteiger charge is 2.35. The van der Waals surface area contributed by atoms with Gasteiger partial charge < -0.3 is 9.84 Å². The second-order valence-electron chi connectivity index (χ2n) is 3.22. The van der Waals surface area contributed by atoms with E-state index in [-0.39, 0.29) is 4.75 Å². The van der Waals surface area contributed by atoms with Crippen molar-refractivity contribution in [2.75, 3.05) is 6.61 Å². The minimum absolute atomic E-state index is 0.141. The molecule has 1 fully saturated rings. The van der Waals surface area contributed by atoms with Crippen molar-refractivity contribution in [3.63, 3.8) is 0 Å². The molecule has 1 N–H and O–H groups in total. The summed E-state index contributed by atoms with van der Waals surface area (Å²) in [4.78, 5) is 0. The molecule has 1 rings (SSSR count). The molecule has 0 aromatic carbocycles. The van der Waals surface area contributed by atoms with Gasteiger partial charge in [0.05, 0.1) is 11.4 Å². The van der Waals surface area contributed by atoms with Crippen molar-refractivity contribution < 1.29 is 9.84 Å². The molecule has 0 aromatic heterocycles. The van der Waals surface area contributed by atoms with Crippen LogP contribution in [0.15, 0.2) is 0 Å². The van der Waals surface area contributed by atoms with E-state index in [4.69, 9.17) is 4.74 Å². The third-order valence-corrected chi connectivity index (χ3v) is 2.94. The molecule has 3 heteroatoms. The van der Waals surface area contributed by atoms with Crippen molar-refractivity contribution in [1.29, 1.82) is 0 Å². The summed E-state index contributed by atoms with van der Waals surface area (Å²) in [6.45, 7) is 6.77. The number of ether oxygens (including phenoxy) is 1. The van der Waals surface area contributed by atoms with Crippen molar-refractivity contribution >= 4 is 11.8 Å². The highest BCUT2D eigenvalue weighted by Crippen LogP contribution is 2.36. The molecule has 0 spiro atoms. The number of aliphatic hydroxyl groups is 1. The molecular formula is C7H14O2S. The molecule has 1 aliphatic rings. The third-order valence-electron chi connectivity index (χ3n) is 1.59. The van der Waals surface area contributed by atoms with E-state index < -0.39 is 6.29 Å². The van der Waals surface area contributed by atoms with Gasteiger partial charge >= 0.3 is 0 Å². The molecule has 0 aromatic rings. The summed E-state index contributed by atoms with van der Waals surface area (Å²) in [6, 6.07) is 0. The Bertz CT molecular complexity index is 125. The predicted molar refractivity (Wildman–Crippen MR) is 43.1 cm³/mol. The standard InChI is InChI=1S/C7H14O2S/c1-5-4-9-6(8)7(2,3)10-5/h5-6,8H,4H2,1-3H3. The van der Waals surface area contributed by atoms with Gasteiger partial charge in [0, 0.05) is 5.25 Å². The Balaban J connectivity index is 2.55. The monoisotopic (exact) mass is 162 g/mol. The Labute approximate surface area is 66.0 Å². The van der Waals surface area contributed by atoms with Gasteiger partial charge in [-0.1, -0.05) is 6.92 Å². The first-order chi connectivity index (χ1) is 4.52. The lowest BCUT2D eigenvalue weighted by atomic mass is 10.2. The molecule has 1 heterocycles. The molecule has 60 valence electrons. The Hall–Kier alpha value is 0.270. The van der Waals surface area contributed by atoms with E-state index in [1.165, 1.54) is 0 Å². The van der Waals surface area contributed by atoms with Crippen LogP contribution in [0.5, 0.6) is 0 Å². The van der Waals surface area contributed by atoms with Crippen LogP contribution in [0.1, 0.15) is 20.8 Å². The van der Waals surface area contributed by atoms with Crippen LogP contribution in [0.4, 0.5) is 0 Å². The quantitative estimate of drug-likeness (QED) is 0.581. The zero-order valence-electron chi connectivity index (χ0n) is 6.63. The lowest BCUT2D eigenvalue weighted by Gasteiger charge is -2.37. The maximum atomic E-state index is 9.31. The molecule has 2 atom stereocenters. The van der Waals surface area contributed by atoms with Crippen LogP contribution in [-0.4, -0.2) is 28.0 Å². The maximum Gasteiger partial charge on any atom is 0.168 e.